The van der Waals surface area contributed by atoms with Crippen molar-refractivity contribution in [3.05, 3.63) is 70.2 Å². The molecule has 100 valence electrons. The Kier molecular flexibility index (Phi) is 4.39. The van der Waals surface area contributed by atoms with Gasteiger partial charge in [0.25, 0.3) is 5.69 Å². The molecule has 0 saturated heterocycles. The average molecular weight is 279 g/mol. The van der Waals surface area contributed by atoms with Crippen LogP contribution in [0.25, 0.3) is 0 Å². The number of aryl methyl sites for hydroxylation is 1. The van der Waals surface area contributed by atoms with Crippen LogP contribution in [-0.2, 0) is 9.84 Å². The molecular weight excluding hydrogens is 266 g/mol. The van der Waals surface area contributed by atoms with E-state index in [0.717, 1.165) is 6.08 Å². The van der Waals surface area contributed by atoms with E-state index in [1.54, 1.807) is 6.92 Å². The van der Waals surface area contributed by atoms with Crippen LogP contribution in [0.3, 0.4) is 0 Å². The third-order valence-corrected chi connectivity index (χ3v) is 4.24. The molecule has 0 bridgehead atoms. The van der Waals surface area contributed by atoms with Gasteiger partial charge in [-0.15, -0.1) is 0 Å². The average Bonchev–Trinajstić information content (AvgIpc) is 2.35. The summed E-state index contributed by atoms with van der Waals surface area (Å²) in [4.78, 5) is 9.77. The molecule has 1 aromatic carbocycles. The minimum atomic E-state index is -3.98. The third kappa shape index (κ3) is 2.97. The van der Waals surface area contributed by atoms with Gasteiger partial charge in [0.1, 0.15) is 4.90 Å². The zero-order valence-corrected chi connectivity index (χ0v) is 11.2. The fraction of sp³-hybridized carbons (Fsp3) is 0.0769. The number of hydrogen-bond acceptors (Lipinski definition) is 4. The Morgan fingerprint density at radius 1 is 1.37 bits per heavy atom. The first-order valence-electron chi connectivity index (χ1n) is 5.30. The molecule has 0 amide bonds. The number of hydrogen-bond donors (Lipinski definition) is 0. The molecular formula is C13H13NO4S. The van der Waals surface area contributed by atoms with Gasteiger partial charge in [0.2, 0.25) is 9.84 Å². The van der Waals surface area contributed by atoms with Gasteiger partial charge in [-0.25, -0.2) is 8.42 Å². The quantitative estimate of drug-likeness (QED) is 0.471. The Bertz CT molecular complexity index is 672. The van der Waals surface area contributed by atoms with E-state index in [2.05, 4.69) is 13.2 Å². The lowest BCUT2D eigenvalue weighted by Crippen LogP contribution is -2.07. The summed E-state index contributed by atoms with van der Waals surface area (Å²) in [6.45, 7) is 8.45. The smallest absolute Gasteiger partial charge is 0.258 e. The van der Waals surface area contributed by atoms with Crippen molar-refractivity contribution in [3.63, 3.8) is 0 Å². The molecule has 0 aliphatic heterocycles. The standard InChI is InChI=1S/C13H13NO4S/c1-4-6-11(5-2)19(17,18)13-8-7-10(3)9-12(13)14(15)16/h4-9H,1-2H2,3H3/b11-6+. The molecule has 19 heavy (non-hydrogen) atoms. The molecule has 5 nitrogen and oxygen atoms in total. The van der Waals surface area contributed by atoms with Gasteiger partial charge in [-0.1, -0.05) is 31.4 Å². The normalized spacial score (nSPS) is 11.9. The van der Waals surface area contributed by atoms with Crippen LogP contribution in [0.2, 0.25) is 0 Å². The molecule has 1 rings (SSSR count). The van der Waals surface area contributed by atoms with Gasteiger partial charge in [-0.05, 0) is 24.6 Å². The number of sulfone groups is 1. The number of nitrogens with zero attached hydrogens (tertiary/aromatic N) is 1. The molecule has 0 radical (unpaired) electrons. The van der Waals surface area contributed by atoms with Crippen LogP contribution in [0.5, 0.6) is 0 Å². The first-order chi connectivity index (χ1) is 8.84. The summed E-state index contributed by atoms with van der Waals surface area (Å²) in [6.07, 6.45) is 3.65. The fourth-order valence-electron chi connectivity index (χ4n) is 1.51. The molecule has 1 aromatic rings. The summed E-state index contributed by atoms with van der Waals surface area (Å²) in [5.74, 6) is 0. The minimum absolute atomic E-state index is 0.130. The van der Waals surface area contributed by atoms with E-state index in [9.17, 15) is 18.5 Å². The Hall–Kier alpha value is -2.21. The molecule has 0 spiro atoms. The van der Waals surface area contributed by atoms with Crippen LogP contribution in [-0.4, -0.2) is 13.3 Å². The van der Waals surface area contributed by atoms with Gasteiger partial charge >= 0.3 is 0 Å². The zero-order valence-electron chi connectivity index (χ0n) is 10.4. The van der Waals surface area contributed by atoms with Crippen molar-refractivity contribution in [2.75, 3.05) is 0 Å². The third-order valence-electron chi connectivity index (χ3n) is 2.39. The lowest BCUT2D eigenvalue weighted by atomic mass is 10.2. The van der Waals surface area contributed by atoms with Gasteiger partial charge < -0.3 is 0 Å². The molecule has 0 aliphatic carbocycles. The van der Waals surface area contributed by atoms with Crippen LogP contribution < -0.4 is 0 Å². The van der Waals surface area contributed by atoms with Crippen molar-refractivity contribution in [2.45, 2.75) is 11.8 Å². The van der Waals surface area contributed by atoms with Gasteiger partial charge in [0.05, 0.1) is 9.83 Å². The predicted molar refractivity (Wildman–Crippen MR) is 73.5 cm³/mol. The summed E-state index contributed by atoms with van der Waals surface area (Å²) < 4.78 is 24.6. The first-order valence-corrected chi connectivity index (χ1v) is 6.78. The minimum Gasteiger partial charge on any atom is -0.258 e. The summed E-state index contributed by atoms with van der Waals surface area (Å²) >= 11 is 0. The van der Waals surface area contributed by atoms with Crippen molar-refractivity contribution in [3.8, 4) is 0 Å². The summed E-state index contributed by atoms with van der Waals surface area (Å²) in [5, 5.41) is 11.0. The van der Waals surface area contributed by atoms with Crippen LogP contribution in [0, 0.1) is 17.0 Å². The zero-order chi connectivity index (χ0) is 14.6. The van der Waals surface area contributed by atoms with Crippen molar-refractivity contribution >= 4 is 15.5 Å². The molecule has 0 saturated carbocycles. The SMILES string of the molecule is C=C/C=C(\C=C)S(=O)(=O)c1ccc(C)cc1[N+](=O)[O-]. The van der Waals surface area contributed by atoms with E-state index >= 15 is 0 Å². The maximum atomic E-state index is 12.3. The van der Waals surface area contributed by atoms with Crippen LogP contribution >= 0.6 is 0 Å². The fourth-order valence-corrected chi connectivity index (χ4v) is 2.91. The van der Waals surface area contributed by atoms with E-state index in [-0.39, 0.29) is 9.80 Å². The topological polar surface area (TPSA) is 77.3 Å². The number of rotatable bonds is 5. The van der Waals surface area contributed by atoms with E-state index in [1.165, 1.54) is 30.4 Å². The van der Waals surface area contributed by atoms with Gasteiger partial charge in [-0.3, -0.25) is 10.1 Å². The molecule has 0 N–H and O–H groups in total. The highest BCUT2D eigenvalue weighted by molar-refractivity contribution is 7.95. The molecule has 0 aromatic heterocycles. The Balaban J connectivity index is 3.62. The summed E-state index contributed by atoms with van der Waals surface area (Å²) in [7, 11) is -3.98. The van der Waals surface area contributed by atoms with Crippen molar-refractivity contribution < 1.29 is 13.3 Å². The molecule has 0 unspecified atom stereocenters. The van der Waals surface area contributed by atoms with E-state index in [4.69, 9.17) is 0 Å². The number of nitro groups is 1. The second-order valence-electron chi connectivity index (χ2n) is 3.74. The maximum Gasteiger partial charge on any atom is 0.288 e. The highest BCUT2D eigenvalue weighted by atomic mass is 32.2. The molecule has 0 aliphatic rings. The maximum absolute atomic E-state index is 12.3. The van der Waals surface area contributed by atoms with Crippen molar-refractivity contribution in [2.24, 2.45) is 0 Å². The Morgan fingerprint density at radius 3 is 2.47 bits per heavy atom. The van der Waals surface area contributed by atoms with Crippen LogP contribution in [0.4, 0.5) is 5.69 Å². The van der Waals surface area contributed by atoms with Crippen LogP contribution in [0.1, 0.15) is 5.56 Å². The lowest BCUT2D eigenvalue weighted by molar-refractivity contribution is -0.387. The first kappa shape index (κ1) is 14.8. The lowest BCUT2D eigenvalue weighted by Gasteiger charge is -2.06. The summed E-state index contributed by atoms with van der Waals surface area (Å²) in [6, 6.07) is 3.96. The van der Waals surface area contributed by atoms with Gasteiger partial charge in [0.15, 0.2) is 0 Å². The number of allylic oxidation sites excluding steroid dienone is 3. The monoisotopic (exact) mass is 279 g/mol. The van der Waals surface area contributed by atoms with E-state index < -0.39 is 20.4 Å². The Morgan fingerprint density at radius 2 is 2.00 bits per heavy atom. The van der Waals surface area contributed by atoms with E-state index in [1.807, 2.05) is 0 Å². The van der Waals surface area contributed by atoms with Gasteiger partial charge in [-0.2, -0.15) is 0 Å². The molecule has 0 fully saturated rings. The van der Waals surface area contributed by atoms with Crippen molar-refractivity contribution in [1.82, 2.24) is 0 Å². The summed E-state index contributed by atoms with van der Waals surface area (Å²) in [5.41, 5.74) is 0.162. The number of nitro benzene ring substituents is 1. The van der Waals surface area contributed by atoms with Gasteiger partial charge in [0, 0.05) is 6.07 Å². The second-order valence-corrected chi connectivity index (χ2v) is 5.66. The van der Waals surface area contributed by atoms with Crippen molar-refractivity contribution in [1.29, 1.82) is 0 Å². The highest BCUT2D eigenvalue weighted by Crippen LogP contribution is 2.29. The molecule has 6 heteroatoms. The molecule has 0 atom stereocenters. The second kappa shape index (κ2) is 5.62. The van der Waals surface area contributed by atoms with E-state index in [0.29, 0.717) is 5.56 Å². The van der Waals surface area contributed by atoms with Crippen LogP contribution in [0.15, 0.2) is 59.4 Å². The largest absolute Gasteiger partial charge is 0.288 e. The Labute approximate surface area is 111 Å². The predicted octanol–water partition coefficient (Wildman–Crippen LogP) is 2.93. The number of benzene rings is 1. The molecule has 0 heterocycles. The highest BCUT2D eigenvalue weighted by Gasteiger charge is 2.27.